The van der Waals surface area contributed by atoms with Crippen LogP contribution < -0.4 is 16.0 Å². The summed E-state index contributed by atoms with van der Waals surface area (Å²) in [4.78, 5) is 20.2. The van der Waals surface area contributed by atoms with Crippen LogP contribution in [0.25, 0.3) is 11.0 Å². The molecule has 0 spiro atoms. The summed E-state index contributed by atoms with van der Waals surface area (Å²) in [6, 6.07) is 2.96. The predicted molar refractivity (Wildman–Crippen MR) is 122 cm³/mol. The molecule has 11 heteroatoms. The molecule has 0 atom stereocenters. The van der Waals surface area contributed by atoms with Gasteiger partial charge in [0.25, 0.3) is 0 Å². The van der Waals surface area contributed by atoms with Crippen molar-refractivity contribution in [1.82, 2.24) is 19.9 Å². The Kier molecular flexibility index (Phi) is 7.20. The molecule has 4 N–H and O–H groups in total. The highest BCUT2D eigenvalue weighted by molar-refractivity contribution is 5.81. The Hall–Kier alpha value is -3.34. The number of aliphatic hydroxyl groups is 1. The van der Waals surface area contributed by atoms with Crippen LogP contribution in [0.4, 0.5) is 30.6 Å². The van der Waals surface area contributed by atoms with Gasteiger partial charge in [0, 0.05) is 44.3 Å². The van der Waals surface area contributed by atoms with Crippen LogP contribution in [0.3, 0.4) is 0 Å². The van der Waals surface area contributed by atoms with Gasteiger partial charge in [-0.05, 0) is 32.1 Å². The highest BCUT2D eigenvalue weighted by atomic mass is 19.1. The Morgan fingerprint density at radius 1 is 1.15 bits per heavy atom. The number of rotatable bonds is 8. The van der Waals surface area contributed by atoms with Crippen molar-refractivity contribution in [3.8, 4) is 0 Å². The van der Waals surface area contributed by atoms with Gasteiger partial charge in [0.05, 0.1) is 17.8 Å². The highest BCUT2D eigenvalue weighted by Gasteiger charge is 2.26. The van der Waals surface area contributed by atoms with Gasteiger partial charge in [-0.25, -0.2) is 23.1 Å². The third-order valence-electron chi connectivity index (χ3n) is 6.02. The van der Waals surface area contributed by atoms with Gasteiger partial charge in [-0.15, -0.1) is 0 Å². The van der Waals surface area contributed by atoms with E-state index in [1.165, 1.54) is 0 Å². The van der Waals surface area contributed by atoms with E-state index in [4.69, 9.17) is 0 Å². The summed E-state index contributed by atoms with van der Waals surface area (Å²) in [5.74, 6) is -2.39. The first kappa shape index (κ1) is 23.8. The van der Waals surface area contributed by atoms with Gasteiger partial charge in [-0.2, -0.15) is 0 Å². The molecule has 34 heavy (non-hydrogen) atoms. The second kappa shape index (κ2) is 10.3. The smallest absolute Gasteiger partial charge is 0.219 e. The van der Waals surface area contributed by atoms with Crippen LogP contribution in [0.5, 0.6) is 0 Å². The molecule has 2 aromatic heterocycles. The van der Waals surface area contributed by atoms with E-state index < -0.39 is 23.1 Å². The Balaban J connectivity index is 1.66. The Labute approximate surface area is 194 Å². The normalized spacial score (nSPS) is 18.1. The maximum Gasteiger partial charge on any atom is 0.219 e. The molecule has 0 saturated heterocycles. The summed E-state index contributed by atoms with van der Waals surface area (Å²) in [5.41, 5.74) is 0.734. The van der Waals surface area contributed by atoms with Crippen molar-refractivity contribution in [2.24, 2.45) is 0 Å². The van der Waals surface area contributed by atoms with Crippen molar-refractivity contribution in [2.45, 2.75) is 50.7 Å². The van der Waals surface area contributed by atoms with Crippen LogP contribution >= 0.6 is 0 Å². The molecule has 1 aliphatic rings. The van der Waals surface area contributed by atoms with Crippen LogP contribution in [-0.2, 0) is 4.79 Å². The molecule has 1 amide bonds. The van der Waals surface area contributed by atoms with E-state index in [-0.39, 0.29) is 24.0 Å². The lowest BCUT2D eigenvalue weighted by Crippen LogP contribution is -2.22. The van der Waals surface area contributed by atoms with Gasteiger partial charge >= 0.3 is 0 Å². The van der Waals surface area contributed by atoms with E-state index in [0.29, 0.717) is 74.1 Å². The number of anilines is 3. The van der Waals surface area contributed by atoms with E-state index in [1.807, 2.05) is 4.57 Å². The number of aliphatic hydroxyl groups excluding tert-OH is 1. The average molecular weight is 477 g/mol. The van der Waals surface area contributed by atoms with E-state index in [0.717, 1.165) is 0 Å². The minimum absolute atomic E-state index is 0.0428. The maximum atomic E-state index is 14.3. The number of aromatic nitrogens is 3. The van der Waals surface area contributed by atoms with E-state index in [1.54, 1.807) is 19.3 Å². The van der Waals surface area contributed by atoms with Crippen molar-refractivity contribution >= 4 is 34.4 Å². The second-order valence-corrected chi connectivity index (χ2v) is 8.40. The van der Waals surface area contributed by atoms with Crippen LogP contribution in [0.2, 0.25) is 0 Å². The summed E-state index contributed by atoms with van der Waals surface area (Å²) >= 11 is 0. The highest BCUT2D eigenvalue weighted by Crippen LogP contribution is 2.36. The molecule has 3 aromatic rings. The zero-order valence-electron chi connectivity index (χ0n) is 18.7. The largest absolute Gasteiger partial charge is 0.393 e. The number of carbonyl (C=O) groups is 1. The van der Waals surface area contributed by atoms with Gasteiger partial charge in [0.15, 0.2) is 11.6 Å². The molecule has 2 heterocycles. The SMILES string of the molecule is CNC(=O)CCCNc1cc2c(cn1)nc(Nc1c(F)cc(F)cc1F)n2C1CCC(O)CC1. The fourth-order valence-corrected chi connectivity index (χ4v) is 4.23. The van der Waals surface area contributed by atoms with E-state index in [9.17, 15) is 23.1 Å². The number of pyridine rings is 1. The molecule has 1 aliphatic carbocycles. The predicted octanol–water partition coefficient (Wildman–Crippen LogP) is 4.01. The summed E-state index contributed by atoms with van der Waals surface area (Å²) in [5, 5.41) is 18.4. The summed E-state index contributed by atoms with van der Waals surface area (Å²) < 4.78 is 43.9. The van der Waals surface area contributed by atoms with Crippen molar-refractivity contribution in [3.05, 3.63) is 41.8 Å². The molecule has 1 aromatic carbocycles. The first-order chi connectivity index (χ1) is 16.4. The zero-order valence-corrected chi connectivity index (χ0v) is 18.7. The number of hydrogen-bond donors (Lipinski definition) is 4. The number of nitrogens with zero attached hydrogens (tertiary/aromatic N) is 3. The fraction of sp³-hybridized carbons (Fsp3) is 0.435. The van der Waals surface area contributed by atoms with Crippen molar-refractivity contribution in [3.63, 3.8) is 0 Å². The topological polar surface area (TPSA) is 104 Å². The lowest BCUT2D eigenvalue weighted by molar-refractivity contribution is -0.120. The van der Waals surface area contributed by atoms with Gasteiger partial charge in [0.1, 0.15) is 22.8 Å². The first-order valence-corrected chi connectivity index (χ1v) is 11.3. The maximum absolute atomic E-state index is 14.3. The van der Waals surface area contributed by atoms with Gasteiger partial charge in [-0.1, -0.05) is 0 Å². The van der Waals surface area contributed by atoms with Gasteiger partial charge in [0.2, 0.25) is 11.9 Å². The quantitative estimate of drug-likeness (QED) is 0.367. The molecule has 0 bridgehead atoms. The molecular formula is C23H27F3N6O2. The standard InChI is InChI=1S/C23H27F3N6O2/c1-27-21(34)3-2-8-28-20-11-19-18(12-29-20)30-23(32(19)14-4-6-15(33)7-5-14)31-22-16(25)9-13(24)10-17(22)26/h9-12,14-15,33H,2-8H2,1H3,(H,27,34)(H,28,29)(H,30,31). The molecule has 0 radical (unpaired) electrons. The zero-order chi connectivity index (χ0) is 24.2. The van der Waals surface area contributed by atoms with Crippen LogP contribution in [0.15, 0.2) is 24.4 Å². The summed E-state index contributed by atoms with van der Waals surface area (Å²) in [6.07, 6.45) is 4.70. The summed E-state index contributed by atoms with van der Waals surface area (Å²) in [6.45, 7) is 0.535. The number of fused-ring (bicyclic) bond motifs is 1. The molecule has 0 unspecified atom stereocenters. The Morgan fingerprint density at radius 3 is 2.53 bits per heavy atom. The second-order valence-electron chi connectivity index (χ2n) is 8.40. The molecule has 4 rings (SSSR count). The lowest BCUT2D eigenvalue weighted by atomic mass is 9.93. The van der Waals surface area contributed by atoms with Crippen LogP contribution in [-0.4, -0.2) is 45.2 Å². The third-order valence-corrected chi connectivity index (χ3v) is 6.02. The molecule has 1 saturated carbocycles. The fourth-order valence-electron chi connectivity index (χ4n) is 4.23. The van der Waals surface area contributed by atoms with E-state index >= 15 is 0 Å². The van der Waals surface area contributed by atoms with E-state index in [2.05, 4.69) is 25.9 Å². The molecule has 8 nitrogen and oxygen atoms in total. The van der Waals surface area contributed by atoms with Crippen LogP contribution in [0.1, 0.15) is 44.6 Å². The van der Waals surface area contributed by atoms with Crippen LogP contribution in [0, 0.1) is 17.5 Å². The molecule has 0 aliphatic heterocycles. The molecule has 182 valence electrons. The number of carbonyl (C=O) groups excluding carboxylic acids is 1. The van der Waals surface area contributed by atoms with Gasteiger partial charge in [-0.3, -0.25) is 4.79 Å². The molecule has 1 fully saturated rings. The monoisotopic (exact) mass is 476 g/mol. The average Bonchev–Trinajstić information content (AvgIpc) is 3.16. The number of imidazole rings is 1. The minimum Gasteiger partial charge on any atom is -0.393 e. The number of benzene rings is 1. The Bertz CT molecular complexity index is 1150. The number of halogens is 3. The van der Waals surface area contributed by atoms with Gasteiger partial charge < -0.3 is 25.6 Å². The number of nitrogens with one attached hydrogen (secondary N) is 3. The number of hydrogen-bond acceptors (Lipinski definition) is 6. The van der Waals surface area contributed by atoms with Crippen molar-refractivity contribution in [2.75, 3.05) is 24.2 Å². The minimum atomic E-state index is -1.06. The lowest BCUT2D eigenvalue weighted by Gasteiger charge is -2.28. The summed E-state index contributed by atoms with van der Waals surface area (Å²) in [7, 11) is 1.59. The number of amides is 1. The third kappa shape index (κ3) is 5.24. The molecular weight excluding hydrogens is 449 g/mol. The van der Waals surface area contributed by atoms with Crippen molar-refractivity contribution in [1.29, 1.82) is 0 Å². The first-order valence-electron chi connectivity index (χ1n) is 11.3. The Morgan fingerprint density at radius 2 is 1.85 bits per heavy atom. The van der Waals surface area contributed by atoms with Crippen molar-refractivity contribution < 1.29 is 23.1 Å².